The predicted molar refractivity (Wildman–Crippen MR) is 159 cm³/mol. The van der Waals surface area contributed by atoms with E-state index in [-0.39, 0.29) is 22.9 Å². The molecular formula is C29H26Cl2N4O3S. The quantitative estimate of drug-likeness (QED) is 0.327. The van der Waals surface area contributed by atoms with Crippen LogP contribution in [0.25, 0.3) is 0 Å². The Morgan fingerprint density at radius 2 is 1.77 bits per heavy atom. The molecular weight excluding hydrogens is 555 g/mol. The van der Waals surface area contributed by atoms with Gasteiger partial charge in [0.05, 0.1) is 35.0 Å². The Balaban J connectivity index is 1.47. The van der Waals surface area contributed by atoms with Gasteiger partial charge in [-0.25, -0.2) is 4.99 Å². The number of thioether (sulfide) groups is 1. The highest BCUT2D eigenvalue weighted by atomic mass is 35.5. The molecule has 200 valence electrons. The smallest absolute Gasteiger partial charge is 0.257 e. The average Bonchev–Trinajstić information content (AvgIpc) is 2.92. The number of nitrogens with zero attached hydrogens (tertiary/aromatic N) is 2. The maximum Gasteiger partial charge on any atom is 0.257 e. The van der Waals surface area contributed by atoms with Crippen LogP contribution < -0.4 is 15.4 Å². The van der Waals surface area contributed by atoms with Gasteiger partial charge in [-0.1, -0.05) is 47.1 Å². The highest BCUT2D eigenvalue weighted by Gasteiger charge is 2.37. The van der Waals surface area contributed by atoms with Gasteiger partial charge in [-0.05, 0) is 73.5 Å². The molecule has 0 aliphatic carbocycles. The lowest BCUT2D eigenvalue weighted by Gasteiger charge is -2.41. The number of anilines is 2. The molecule has 39 heavy (non-hydrogen) atoms. The van der Waals surface area contributed by atoms with E-state index in [1.54, 1.807) is 55.3 Å². The molecule has 2 heterocycles. The van der Waals surface area contributed by atoms with Crippen molar-refractivity contribution >= 4 is 63.3 Å². The summed E-state index contributed by atoms with van der Waals surface area (Å²) in [5.74, 6) is 1.10. The number of carbonyl (C=O) groups is 2. The van der Waals surface area contributed by atoms with Gasteiger partial charge in [-0.2, -0.15) is 0 Å². The van der Waals surface area contributed by atoms with Gasteiger partial charge in [0.25, 0.3) is 11.8 Å². The Bertz CT molecular complexity index is 1490. The van der Waals surface area contributed by atoms with E-state index in [2.05, 4.69) is 15.5 Å². The summed E-state index contributed by atoms with van der Waals surface area (Å²) in [6, 6.07) is 19.1. The number of benzene rings is 3. The number of methoxy groups -OCH3 is 1. The van der Waals surface area contributed by atoms with E-state index in [1.807, 2.05) is 31.2 Å². The Labute approximate surface area is 241 Å². The van der Waals surface area contributed by atoms with Crippen molar-refractivity contribution < 1.29 is 14.3 Å². The predicted octanol–water partition coefficient (Wildman–Crippen LogP) is 7.02. The van der Waals surface area contributed by atoms with Crippen LogP contribution in [0.4, 0.5) is 11.4 Å². The van der Waals surface area contributed by atoms with Gasteiger partial charge in [0.1, 0.15) is 5.75 Å². The molecule has 2 aliphatic rings. The molecule has 10 heteroatoms. The van der Waals surface area contributed by atoms with E-state index >= 15 is 0 Å². The SMILES string of the molecule is COc1ccc(NC(=O)C2=C(C)N=C3SCCCN3C2c2cccc(NC(=O)c3ccc(Cl)cc3Cl)c2)cc1. The van der Waals surface area contributed by atoms with Crippen molar-refractivity contribution in [2.24, 2.45) is 4.99 Å². The molecule has 0 bridgehead atoms. The Morgan fingerprint density at radius 3 is 2.51 bits per heavy atom. The number of allylic oxidation sites excluding steroid dienone is 1. The van der Waals surface area contributed by atoms with Gasteiger partial charge in [0.15, 0.2) is 5.17 Å². The van der Waals surface area contributed by atoms with Crippen molar-refractivity contribution in [3.05, 3.63) is 99.2 Å². The lowest BCUT2D eigenvalue weighted by Crippen LogP contribution is -2.43. The first-order valence-electron chi connectivity index (χ1n) is 12.3. The van der Waals surface area contributed by atoms with E-state index in [0.717, 1.165) is 29.4 Å². The summed E-state index contributed by atoms with van der Waals surface area (Å²) in [4.78, 5) is 33.6. The summed E-state index contributed by atoms with van der Waals surface area (Å²) in [6.45, 7) is 2.63. The normalized spacial score (nSPS) is 16.8. The molecule has 2 aliphatic heterocycles. The molecule has 5 rings (SSSR count). The van der Waals surface area contributed by atoms with Gasteiger partial charge < -0.3 is 20.3 Å². The standard InChI is InChI=1S/C29H26Cl2N4O3S/c1-17-25(28(37)33-20-8-10-22(38-2)11-9-20)26(35-13-4-14-39-29(35)32-17)18-5-3-6-21(15-18)34-27(36)23-12-7-19(30)16-24(23)31/h3,5-12,15-16,26H,4,13-14H2,1-2H3,(H,33,37)(H,34,36). The van der Waals surface area contributed by atoms with Crippen LogP contribution in [0.1, 0.15) is 35.3 Å². The van der Waals surface area contributed by atoms with E-state index in [4.69, 9.17) is 32.9 Å². The molecule has 1 fully saturated rings. The summed E-state index contributed by atoms with van der Waals surface area (Å²) < 4.78 is 5.23. The molecule has 7 nitrogen and oxygen atoms in total. The number of amides is 2. The number of hydrogen-bond acceptors (Lipinski definition) is 6. The van der Waals surface area contributed by atoms with Crippen LogP contribution in [0.5, 0.6) is 5.75 Å². The fourth-order valence-corrected chi connectivity index (χ4v) is 6.15. The van der Waals surface area contributed by atoms with E-state index < -0.39 is 0 Å². The van der Waals surface area contributed by atoms with Crippen LogP contribution >= 0.6 is 35.0 Å². The number of hydrogen-bond donors (Lipinski definition) is 2. The lowest BCUT2D eigenvalue weighted by molar-refractivity contribution is -0.113. The first kappa shape index (κ1) is 27.1. The molecule has 1 saturated heterocycles. The first-order valence-corrected chi connectivity index (χ1v) is 14.1. The number of amidine groups is 1. The zero-order chi connectivity index (χ0) is 27.5. The second kappa shape index (κ2) is 11.7. The zero-order valence-corrected chi connectivity index (χ0v) is 23.7. The monoisotopic (exact) mass is 580 g/mol. The van der Waals surface area contributed by atoms with E-state index in [0.29, 0.717) is 39.0 Å². The van der Waals surface area contributed by atoms with Crippen LogP contribution in [0.2, 0.25) is 10.0 Å². The Kier molecular flexibility index (Phi) is 8.16. The maximum absolute atomic E-state index is 13.7. The first-order chi connectivity index (χ1) is 18.8. The van der Waals surface area contributed by atoms with Crippen LogP contribution in [-0.2, 0) is 4.79 Å². The average molecular weight is 582 g/mol. The molecule has 3 aromatic rings. The summed E-state index contributed by atoms with van der Waals surface area (Å²) in [7, 11) is 1.60. The van der Waals surface area contributed by atoms with Gasteiger partial charge in [0.2, 0.25) is 0 Å². The van der Waals surface area contributed by atoms with Crippen molar-refractivity contribution in [2.45, 2.75) is 19.4 Å². The van der Waals surface area contributed by atoms with Crippen LogP contribution in [0, 0.1) is 0 Å². The molecule has 2 amide bonds. The van der Waals surface area contributed by atoms with Crippen LogP contribution in [0.3, 0.4) is 0 Å². The van der Waals surface area contributed by atoms with Gasteiger partial charge in [-0.15, -0.1) is 0 Å². The second-order valence-corrected chi connectivity index (χ2v) is 11.0. The van der Waals surface area contributed by atoms with Gasteiger partial charge in [0, 0.05) is 28.7 Å². The minimum atomic E-state index is -0.375. The fraction of sp³-hybridized carbons (Fsp3) is 0.207. The van der Waals surface area contributed by atoms with Crippen molar-refractivity contribution in [3.63, 3.8) is 0 Å². The minimum absolute atomic E-state index is 0.233. The van der Waals surface area contributed by atoms with Crippen LogP contribution in [-0.4, -0.2) is 41.3 Å². The number of ether oxygens (including phenoxy) is 1. The van der Waals surface area contributed by atoms with Gasteiger partial charge in [-0.3, -0.25) is 9.59 Å². The minimum Gasteiger partial charge on any atom is -0.497 e. The number of halogens is 2. The molecule has 1 atom stereocenters. The molecule has 3 aromatic carbocycles. The third-order valence-corrected chi connectivity index (χ3v) is 8.11. The Hall–Kier alpha value is -3.46. The third-order valence-electron chi connectivity index (χ3n) is 6.49. The summed E-state index contributed by atoms with van der Waals surface area (Å²) in [5.41, 5.74) is 3.65. The van der Waals surface area contributed by atoms with Crippen molar-refractivity contribution in [3.8, 4) is 5.75 Å². The largest absolute Gasteiger partial charge is 0.497 e. The molecule has 0 spiro atoms. The van der Waals surface area contributed by atoms with E-state index in [9.17, 15) is 9.59 Å². The summed E-state index contributed by atoms with van der Waals surface area (Å²) in [6.07, 6.45) is 0.970. The van der Waals surface area contributed by atoms with Crippen molar-refractivity contribution in [1.82, 2.24) is 4.90 Å². The second-order valence-electron chi connectivity index (χ2n) is 9.08. The summed E-state index contributed by atoms with van der Waals surface area (Å²) >= 11 is 13.9. The fourth-order valence-electron chi connectivity index (χ4n) is 4.64. The molecule has 0 saturated carbocycles. The molecule has 2 N–H and O–H groups in total. The zero-order valence-electron chi connectivity index (χ0n) is 21.3. The number of carbonyl (C=O) groups excluding carboxylic acids is 2. The van der Waals surface area contributed by atoms with Crippen molar-refractivity contribution in [1.29, 1.82) is 0 Å². The summed E-state index contributed by atoms with van der Waals surface area (Å²) in [5, 5.41) is 7.56. The molecule has 0 aromatic heterocycles. The highest BCUT2D eigenvalue weighted by Crippen LogP contribution is 2.40. The lowest BCUT2D eigenvalue weighted by atomic mass is 9.93. The third kappa shape index (κ3) is 5.93. The highest BCUT2D eigenvalue weighted by molar-refractivity contribution is 8.13. The van der Waals surface area contributed by atoms with E-state index in [1.165, 1.54) is 6.07 Å². The Morgan fingerprint density at radius 1 is 1.00 bits per heavy atom. The van der Waals surface area contributed by atoms with Gasteiger partial charge >= 0.3 is 0 Å². The maximum atomic E-state index is 13.7. The topological polar surface area (TPSA) is 83.0 Å². The molecule has 1 unspecified atom stereocenters. The molecule has 0 radical (unpaired) electrons. The number of aliphatic imine (C=N–C) groups is 1. The number of rotatable bonds is 6. The number of fused-ring (bicyclic) bond motifs is 1. The van der Waals surface area contributed by atoms with Crippen molar-refractivity contribution in [2.75, 3.05) is 30.0 Å². The van der Waals surface area contributed by atoms with Crippen LogP contribution in [0.15, 0.2) is 83.0 Å². The number of nitrogens with one attached hydrogen (secondary N) is 2.